The molecule has 1 N–H and O–H groups in total. The van der Waals surface area contributed by atoms with Crippen LogP contribution in [0.25, 0.3) is 11.6 Å². The highest BCUT2D eigenvalue weighted by Gasteiger charge is 2.22. The second kappa shape index (κ2) is 6.39. The minimum atomic E-state index is 0. The first-order valence-electron chi connectivity index (χ1n) is 6.55. The summed E-state index contributed by atoms with van der Waals surface area (Å²) in [5, 5.41) is 7.44. The first-order valence-corrected chi connectivity index (χ1v) is 6.55. The number of nitrogens with zero attached hydrogens (tertiary/aromatic N) is 3. The number of hydrogen-bond donors (Lipinski definition) is 1. The van der Waals surface area contributed by atoms with Crippen LogP contribution in [0.5, 0.6) is 0 Å². The van der Waals surface area contributed by atoms with E-state index < -0.39 is 0 Å². The number of hydrogen-bond acceptors (Lipinski definition) is 6. The molecule has 0 bridgehead atoms. The lowest BCUT2D eigenvalue weighted by Gasteiger charge is -2.35. The smallest absolute Gasteiger partial charge is 0.241 e. The Kier molecular flexibility index (Phi) is 4.80. The number of halogens is 1. The Morgan fingerprint density at radius 1 is 1.35 bits per heavy atom. The zero-order valence-corrected chi connectivity index (χ0v) is 12.4. The van der Waals surface area contributed by atoms with Gasteiger partial charge < -0.3 is 14.3 Å². The zero-order chi connectivity index (χ0) is 13.2. The van der Waals surface area contributed by atoms with E-state index in [9.17, 15) is 0 Å². The average molecular weight is 299 g/mol. The van der Waals surface area contributed by atoms with Gasteiger partial charge in [-0.05, 0) is 26.0 Å². The third-order valence-electron chi connectivity index (χ3n) is 3.20. The van der Waals surface area contributed by atoms with Gasteiger partial charge in [-0.15, -0.1) is 12.4 Å². The van der Waals surface area contributed by atoms with E-state index in [0.717, 1.165) is 13.1 Å². The van der Waals surface area contributed by atoms with Crippen molar-refractivity contribution in [2.45, 2.75) is 32.5 Å². The molecular formula is C13H19ClN4O2. The molecular weight excluding hydrogens is 280 g/mol. The van der Waals surface area contributed by atoms with Crippen molar-refractivity contribution in [2.75, 3.05) is 13.1 Å². The van der Waals surface area contributed by atoms with Crippen molar-refractivity contribution in [3.63, 3.8) is 0 Å². The Bertz CT molecular complexity index is 518. The third-order valence-corrected chi connectivity index (χ3v) is 3.20. The molecule has 20 heavy (non-hydrogen) atoms. The van der Waals surface area contributed by atoms with Crippen LogP contribution < -0.4 is 5.32 Å². The first kappa shape index (κ1) is 15.0. The lowest BCUT2D eigenvalue weighted by molar-refractivity contribution is 0.149. The van der Waals surface area contributed by atoms with Gasteiger partial charge >= 0.3 is 0 Å². The monoisotopic (exact) mass is 298 g/mol. The summed E-state index contributed by atoms with van der Waals surface area (Å²) in [7, 11) is 0. The quantitative estimate of drug-likeness (QED) is 0.934. The topological polar surface area (TPSA) is 67.3 Å². The summed E-state index contributed by atoms with van der Waals surface area (Å²) in [4.78, 5) is 6.69. The molecule has 7 heteroatoms. The first-order chi connectivity index (χ1) is 9.20. The molecule has 1 saturated heterocycles. The number of aromatic nitrogens is 2. The summed E-state index contributed by atoms with van der Waals surface area (Å²) in [5.41, 5.74) is 0. The van der Waals surface area contributed by atoms with E-state index in [2.05, 4.69) is 34.2 Å². The molecule has 0 amide bonds. The molecule has 6 nitrogen and oxygen atoms in total. The molecule has 1 aliphatic rings. The van der Waals surface area contributed by atoms with Gasteiger partial charge in [0.25, 0.3) is 0 Å². The van der Waals surface area contributed by atoms with Gasteiger partial charge in [0.15, 0.2) is 5.76 Å². The minimum absolute atomic E-state index is 0. The zero-order valence-electron chi connectivity index (χ0n) is 11.6. The maximum absolute atomic E-state index is 5.28. The van der Waals surface area contributed by atoms with Gasteiger partial charge in [-0.3, -0.25) is 4.90 Å². The summed E-state index contributed by atoms with van der Waals surface area (Å²) in [5.74, 6) is 1.78. The second-order valence-corrected chi connectivity index (χ2v) is 5.15. The van der Waals surface area contributed by atoms with Crippen LogP contribution in [0.4, 0.5) is 0 Å². The van der Waals surface area contributed by atoms with Crippen molar-refractivity contribution in [1.82, 2.24) is 20.4 Å². The van der Waals surface area contributed by atoms with Gasteiger partial charge in [0.2, 0.25) is 11.7 Å². The molecule has 0 aromatic carbocycles. The summed E-state index contributed by atoms with van der Waals surface area (Å²) < 4.78 is 10.5. The van der Waals surface area contributed by atoms with Gasteiger partial charge in [-0.25, -0.2) is 0 Å². The summed E-state index contributed by atoms with van der Waals surface area (Å²) in [6.07, 6.45) is 1.60. The summed E-state index contributed by atoms with van der Waals surface area (Å²) >= 11 is 0. The van der Waals surface area contributed by atoms with Crippen molar-refractivity contribution in [3.05, 3.63) is 24.3 Å². The van der Waals surface area contributed by atoms with Gasteiger partial charge in [-0.1, -0.05) is 5.16 Å². The Hall–Kier alpha value is -1.37. The maximum Gasteiger partial charge on any atom is 0.241 e. The van der Waals surface area contributed by atoms with Gasteiger partial charge in [0.1, 0.15) is 0 Å². The average Bonchev–Trinajstić information content (AvgIpc) is 2.96. The normalized spacial score (nSPS) is 23.5. The van der Waals surface area contributed by atoms with Crippen molar-refractivity contribution in [1.29, 1.82) is 0 Å². The standard InChI is InChI=1S/C13H18N4O2.ClH/c1-9-6-17(7-10(2)14-9)8-12-15-13(16-19-12)11-4-3-5-18-11;/h3-5,9-10,14H,6-8H2,1-2H3;1H. The molecule has 3 heterocycles. The maximum atomic E-state index is 5.28. The fourth-order valence-electron chi connectivity index (χ4n) is 2.59. The van der Waals surface area contributed by atoms with Crippen LogP contribution in [-0.2, 0) is 6.54 Å². The van der Waals surface area contributed by atoms with E-state index in [0.29, 0.717) is 36.1 Å². The Morgan fingerprint density at radius 2 is 2.10 bits per heavy atom. The molecule has 2 unspecified atom stereocenters. The van der Waals surface area contributed by atoms with Crippen LogP contribution in [0.15, 0.2) is 27.3 Å². The van der Waals surface area contributed by atoms with Crippen LogP contribution in [0, 0.1) is 0 Å². The minimum Gasteiger partial charge on any atom is -0.461 e. The lowest BCUT2D eigenvalue weighted by atomic mass is 10.1. The second-order valence-electron chi connectivity index (χ2n) is 5.15. The molecule has 2 atom stereocenters. The van der Waals surface area contributed by atoms with Crippen molar-refractivity contribution in [2.24, 2.45) is 0 Å². The molecule has 110 valence electrons. The van der Waals surface area contributed by atoms with Gasteiger partial charge in [-0.2, -0.15) is 4.98 Å². The number of nitrogens with one attached hydrogen (secondary N) is 1. The third kappa shape index (κ3) is 3.39. The van der Waals surface area contributed by atoms with Crippen LogP contribution in [0.2, 0.25) is 0 Å². The molecule has 1 aliphatic heterocycles. The highest BCUT2D eigenvalue weighted by atomic mass is 35.5. The van der Waals surface area contributed by atoms with E-state index in [1.807, 2.05) is 12.1 Å². The van der Waals surface area contributed by atoms with Crippen LogP contribution in [0.1, 0.15) is 19.7 Å². The predicted molar refractivity (Wildman–Crippen MR) is 76.6 cm³/mol. The SMILES string of the molecule is CC1CN(Cc2nc(-c3ccco3)no2)CC(C)N1.Cl. The lowest BCUT2D eigenvalue weighted by Crippen LogP contribution is -2.53. The molecule has 1 fully saturated rings. The van der Waals surface area contributed by atoms with E-state index in [-0.39, 0.29) is 12.4 Å². The highest BCUT2D eigenvalue weighted by molar-refractivity contribution is 5.85. The van der Waals surface area contributed by atoms with Crippen molar-refractivity contribution < 1.29 is 8.94 Å². The fraction of sp³-hybridized carbons (Fsp3) is 0.538. The fourth-order valence-corrected chi connectivity index (χ4v) is 2.59. The van der Waals surface area contributed by atoms with E-state index >= 15 is 0 Å². The van der Waals surface area contributed by atoms with Gasteiger partial charge in [0, 0.05) is 25.2 Å². The number of furan rings is 1. The van der Waals surface area contributed by atoms with Crippen molar-refractivity contribution in [3.8, 4) is 11.6 Å². The number of rotatable bonds is 3. The Balaban J connectivity index is 0.00000147. The summed E-state index contributed by atoms with van der Waals surface area (Å²) in [6.45, 7) is 7.03. The van der Waals surface area contributed by atoms with E-state index in [4.69, 9.17) is 8.94 Å². The predicted octanol–water partition coefficient (Wildman–Crippen LogP) is 1.93. The molecule has 0 radical (unpaired) electrons. The molecule has 0 spiro atoms. The Morgan fingerprint density at radius 3 is 2.75 bits per heavy atom. The number of piperazine rings is 1. The molecule has 3 rings (SSSR count). The van der Waals surface area contributed by atoms with Crippen LogP contribution in [-0.4, -0.2) is 40.2 Å². The van der Waals surface area contributed by atoms with Crippen molar-refractivity contribution >= 4 is 12.4 Å². The van der Waals surface area contributed by atoms with E-state index in [1.165, 1.54) is 0 Å². The molecule has 0 saturated carbocycles. The summed E-state index contributed by atoms with van der Waals surface area (Å²) in [6, 6.07) is 4.60. The Labute approximate surface area is 123 Å². The van der Waals surface area contributed by atoms with E-state index in [1.54, 1.807) is 6.26 Å². The molecule has 2 aromatic rings. The van der Waals surface area contributed by atoms with Gasteiger partial charge in [0.05, 0.1) is 12.8 Å². The highest BCUT2D eigenvalue weighted by Crippen LogP contribution is 2.17. The largest absolute Gasteiger partial charge is 0.461 e. The van der Waals surface area contributed by atoms with Crippen LogP contribution >= 0.6 is 12.4 Å². The molecule has 0 aliphatic carbocycles. The van der Waals surface area contributed by atoms with Crippen LogP contribution in [0.3, 0.4) is 0 Å². The molecule has 2 aromatic heterocycles.